The maximum Gasteiger partial charge on any atom is 0.342 e. The Bertz CT molecular complexity index is 706. The number of phenols is 1. The number of benzene rings is 1. The van der Waals surface area contributed by atoms with Gasteiger partial charge >= 0.3 is 5.97 Å². The molecule has 0 aliphatic carbocycles. The molecular formula is C18H20O7. The van der Waals surface area contributed by atoms with Crippen LogP contribution in [0.5, 0.6) is 11.5 Å². The molecule has 2 atom stereocenters. The Balaban J connectivity index is 2.40. The number of fused-ring (bicyclic) bond motifs is 1. The SMILES string of the molecule is COc1cc(O)c2c(c1)/C=C/C[C@H](O)[C@H](O)C(=O)/C=C\CCOC2=O. The molecule has 1 aliphatic rings. The lowest BCUT2D eigenvalue weighted by Gasteiger charge is -2.14. The predicted molar refractivity (Wildman–Crippen MR) is 89.4 cm³/mol. The van der Waals surface area contributed by atoms with Gasteiger partial charge in [0.15, 0.2) is 5.78 Å². The number of esters is 1. The van der Waals surface area contributed by atoms with Gasteiger partial charge in [-0.2, -0.15) is 0 Å². The molecule has 0 unspecified atom stereocenters. The van der Waals surface area contributed by atoms with Gasteiger partial charge in [0.1, 0.15) is 23.2 Å². The van der Waals surface area contributed by atoms with Crippen molar-refractivity contribution in [1.82, 2.24) is 0 Å². The summed E-state index contributed by atoms with van der Waals surface area (Å²) in [6.45, 7) is -0.00408. The molecule has 1 aromatic rings. The van der Waals surface area contributed by atoms with Crippen molar-refractivity contribution in [2.75, 3.05) is 13.7 Å². The third-order valence-corrected chi connectivity index (χ3v) is 3.69. The fourth-order valence-electron chi connectivity index (χ4n) is 2.34. The molecule has 0 amide bonds. The second-order valence-corrected chi connectivity index (χ2v) is 5.49. The quantitative estimate of drug-likeness (QED) is 0.654. The summed E-state index contributed by atoms with van der Waals surface area (Å²) >= 11 is 0. The first-order valence-corrected chi connectivity index (χ1v) is 7.75. The number of phenolic OH excluding ortho intramolecular Hbond substituents is 1. The fourth-order valence-corrected chi connectivity index (χ4v) is 2.34. The van der Waals surface area contributed by atoms with Crippen LogP contribution in [-0.2, 0) is 9.53 Å². The van der Waals surface area contributed by atoms with Crippen LogP contribution in [0.15, 0.2) is 30.4 Å². The number of aliphatic hydroxyl groups excluding tert-OH is 2. The zero-order valence-corrected chi connectivity index (χ0v) is 13.7. The normalized spacial score (nSPS) is 24.6. The minimum atomic E-state index is -1.54. The van der Waals surface area contributed by atoms with Crippen LogP contribution in [0.1, 0.15) is 28.8 Å². The van der Waals surface area contributed by atoms with Gasteiger partial charge in [-0.05, 0) is 30.5 Å². The van der Waals surface area contributed by atoms with Crippen molar-refractivity contribution < 1.29 is 34.4 Å². The van der Waals surface area contributed by atoms with Crippen molar-refractivity contribution in [1.29, 1.82) is 0 Å². The van der Waals surface area contributed by atoms with Crippen LogP contribution in [0.25, 0.3) is 6.08 Å². The molecule has 0 bridgehead atoms. The van der Waals surface area contributed by atoms with Crippen LogP contribution in [0, 0.1) is 0 Å². The first-order valence-electron chi connectivity index (χ1n) is 7.75. The smallest absolute Gasteiger partial charge is 0.342 e. The Morgan fingerprint density at radius 3 is 2.64 bits per heavy atom. The minimum Gasteiger partial charge on any atom is -0.507 e. The molecule has 0 saturated carbocycles. The van der Waals surface area contributed by atoms with E-state index in [1.165, 1.54) is 37.5 Å². The zero-order valence-electron chi connectivity index (χ0n) is 13.7. The van der Waals surface area contributed by atoms with Crippen LogP contribution in [-0.4, -0.2) is 53.0 Å². The van der Waals surface area contributed by atoms with E-state index >= 15 is 0 Å². The van der Waals surface area contributed by atoms with Crippen molar-refractivity contribution >= 4 is 17.8 Å². The van der Waals surface area contributed by atoms with Gasteiger partial charge in [0.25, 0.3) is 0 Å². The molecule has 0 fully saturated rings. The van der Waals surface area contributed by atoms with E-state index in [1.54, 1.807) is 0 Å². The van der Waals surface area contributed by atoms with E-state index < -0.39 is 24.0 Å². The second-order valence-electron chi connectivity index (χ2n) is 5.49. The Kier molecular flexibility index (Phi) is 6.32. The zero-order chi connectivity index (χ0) is 18.4. The largest absolute Gasteiger partial charge is 0.507 e. The monoisotopic (exact) mass is 348 g/mol. The van der Waals surface area contributed by atoms with Crippen LogP contribution in [0.2, 0.25) is 0 Å². The third-order valence-electron chi connectivity index (χ3n) is 3.69. The predicted octanol–water partition coefficient (Wildman–Crippen LogP) is 1.21. The van der Waals surface area contributed by atoms with Crippen molar-refractivity contribution in [3.63, 3.8) is 0 Å². The standard InChI is InChI=1S/C18H20O7/c1-24-12-9-11-5-4-7-14(20)17(22)13(19)6-2-3-8-25-18(23)16(11)15(21)10-12/h2,4-6,9-10,14,17,20-22H,3,7-8H2,1H3/b5-4+,6-2-/t14-,17+/m0/s1. The number of rotatable bonds is 1. The molecular weight excluding hydrogens is 328 g/mol. The van der Waals surface area contributed by atoms with E-state index in [4.69, 9.17) is 9.47 Å². The summed E-state index contributed by atoms with van der Waals surface area (Å²) in [5.74, 6) is -1.28. The van der Waals surface area contributed by atoms with Crippen molar-refractivity contribution in [2.45, 2.75) is 25.0 Å². The molecule has 2 rings (SSSR count). The summed E-state index contributed by atoms with van der Waals surface area (Å²) in [5, 5.41) is 29.8. The molecule has 0 aromatic heterocycles. The lowest BCUT2D eigenvalue weighted by atomic mass is 10.0. The molecule has 25 heavy (non-hydrogen) atoms. The summed E-state index contributed by atoms with van der Waals surface area (Å²) in [6, 6.07) is 2.83. The molecule has 7 heteroatoms. The van der Waals surface area contributed by atoms with Crippen molar-refractivity contribution in [3.05, 3.63) is 41.5 Å². The Hall–Kier alpha value is -2.64. The van der Waals surface area contributed by atoms with E-state index in [2.05, 4.69) is 0 Å². The lowest BCUT2D eigenvalue weighted by molar-refractivity contribution is -0.127. The highest BCUT2D eigenvalue weighted by atomic mass is 16.5. The number of ketones is 1. The van der Waals surface area contributed by atoms with Crippen LogP contribution < -0.4 is 4.74 Å². The molecule has 1 heterocycles. The molecule has 7 nitrogen and oxygen atoms in total. The first kappa shape index (κ1) is 18.7. The molecule has 0 radical (unpaired) electrons. The number of cyclic esters (lactones) is 1. The van der Waals surface area contributed by atoms with Gasteiger partial charge in [0, 0.05) is 6.07 Å². The van der Waals surface area contributed by atoms with E-state index in [9.17, 15) is 24.9 Å². The maximum atomic E-state index is 12.2. The summed E-state index contributed by atoms with van der Waals surface area (Å²) in [6.07, 6.45) is 2.98. The highest BCUT2D eigenvalue weighted by Gasteiger charge is 2.22. The summed E-state index contributed by atoms with van der Waals surface area (Å²) in [4.78, 5) is 23.9. The molecule has 0 spiro atoms. The van der Waals surface area contributed by atoms with Gasteiger partial charge in [-0.1, -0.05) is 18.2 Å². The van der Waals surface area contributed by atoms with Crippen molar-refractivity contribution in [2.24, 2.45) is 0 Å². The van der Waals surface area contributed by atoms with E-state index in [-0.39, 0.29) is 30.8 Å². The highest BCUT2D eigenvalue weighted by molar-refractivity contribution is 5.97. The Labute approximate surface area is 144 Å². The molecule has 1 aromatic carbocycles. The fraction of sp³-hybridized carbons (Fsp3) is 0.333. The molecule has 3 N–H and O–H groups in total. The number of aliphatic hydroxyl groups is 2. The first-order chi connectivity index (χ1) is 11.9. The average molecular weight is 348 g/mol. The van der Waals surface area contributed by atoms with E-state index in [0.717, 1.165) is 6.08 Å². The minimum absolute atomic E-state index is 0.00408. The third kappa shape index (κ3) is 4.68. The molecule has 1 aliphatic heterocycles. The highest BCUT2D eigenvalue weighted by Crippen LogP contribution is 2.30. The van der Waals surface area contributed by atoms with Gasteiger partial charge in [0.2, 0.25) is 0 Å². The Morgan fingerprint density at radius 2 is 1.92 bits per heavy atom. The topological polar surface area (TPSA) is 113 Å². The van der Waals surface area contributed by atoms with Gasteiger partial charge < -0.3 is 24.8 Å². The van der Waals surface area contributed by atoms with Gasteiger partial charge in [0.05, 0.1) is 19.8 Å². The summed E-state index contributed by atoms with van der Waals surface area (Å²) < 4.78 is 10.2. The summed E-state index contributed by atoms with van der Waals surface area (Å²) in [7, 11) is 1.42. The van der Waals surface area contributed by atoms with Crippen LogP contribution >= 0.6 is 0 Å². The van der Waals surface area contributed by atoms with Crippen LogP contribution in [0.4, 0.5) is 0 Å². The second kappa shape index (κ2) is 8.46. The lowest BCUT2D eigenvalue weighted by Crippen LogP contribution is -2.32. The number of methoxy groups -OCH3 is 1. The number of hydrogen-bond acceptors (Lipinski definition) is 7. The maximum absolute atomic E-state index is 12.2. The number of hydrogen-bond donors (Lipinski definition) is 3. The van der Waals surface area contributed by atoms with Gasteiger partial charge in [-0.15, -0.1) is 0 Å². The van der Waals surface area contributed by atoms with Crippen LogP contribution in [0.3, 0.4) is 0 Å². The molecule has 134 valence electrons. The Morgan fingerprint density at radius 1 is 1.16 bits per heavy atom. The number of ether oxygens (including phenoxy) is 2. The average Bonchev–Trinajstić information content (AvgIpc) is 2.59. The van der Waals surface area contributed by atoms with E-state index in [0.29, 0.717) is 11.3 Å². The number of carbonyl (C=O) groups is 2. The van der Waals surface area contributed by atoms with E-state index in [1.807, 2.05) is 0 Å². The molecule has 0 saturated heterocycles. The summed E-state index contributed by atoms with van der Waals surface area (Å²) in [5.41, 5.74) is 0.312. The van der Waals surface area contributed by atoms with Gasteiger partial charge in [-0.3, -0.25) is 4.79 Å². The van der Waals surface area contributed by atoms with Crippen molar-refractivity contribution in [3.8, 4) is 11.5 Å². The number of carbonyl (C=O) groups excluding carboxylic acids is 2. The van der Waals surface area contributed by atoms with Gasteiger partial charge in [-0.25, -0.2) is 4.79 Å². The number of aromatic hydroxyl groups is 1.